The van der Waals surface area contributed by atoms with E-state index in [-0.39, 0.29) is 12.6 Å². The Hall–Kier alpha value is -0.120. The highest BCUT2D eigenvalue weighted by Gasteiger charge is 2.21. The Bertz CT molecular complexity index is 169. The molecule has 0 aromatic rings. The van der Waals surface area contributed by atoms with Gasteiger partial charge in [-0.1, -0.05) is 19.8 Å². The second kappa shape index (κ2) is 8.04. The Labute approximate surface area is 100 Å². The number of nitrogens with zero attached hydrogens (tertiary/aromatic N) is 1. The number of likely N-dealkylation sites (tertiary alicyclic amines) is 1. The van der Waals surface area contributed by atoms with Crippen LogP contribution in [0.15, 0.2) is 0 Å². The lowest BCUT2D eigenvalue weighted by Gasteiger charge is -2.36. The van der Waals surface area contributed by atoms with E-state index in [1.807, 2.05) is 7.05 Å². The van der Waals surface area contributed by atoms with Crippen LogP contribution in [0.1, 0.15) is 45.4 Å². The van der Waals surface area contributed by atoms with E-state index in [4.69, 9.17) is 5.11 Å². The van der Waals surface area contributed by atoms with Crippen molar-refractivity contribution in [3.8, 4) is 0 Å². The van der Waals surface area contributed by atoms with Crippen LogP contribution in [0.2, 0.25) is 0 Å². The molecular formula is C13H28N2O. The van der Waals surface area contributed by atoms with Crippen molar-refractivity contribution in [1.82, 2.24) is 10.2 Å². The number of aliphatic hydroxyl groups is 1. The van der Waals surface area contributed by atoms with Gasteiger partial charge in [0.2, 0.25) is 0 Å². The van der Waals surface area contributed by atoms with Gasteiger partial charge in [-0.05, 0) is 45.8 Å². The molecule has 2 unspecified atom stereocenters. The fourth-order valence-electron chi connectivity index (χ4n) is 2.66. The van der Waals surface area contributed by atoms with Gasteiger partial charge < -0.3 is 15.3 Å². The third-order valence-electron chi connectivity index (χ3n) is 3.76. The molecule has 2 N–H and O–H groups in total. The molecule has 1 rings (SSSR count). The first kappa shape index (κ1) is 13.9. The zero-order valence-corrected chi connectivity index (χ0v) is 10.9. The minimum atomic E-state index is 0.253. The summed E-state index contributed by atoms with van der Waals surface area (Å²) in [7, 11) is 1.93. The molecule has 0 spiro atoms. The van der Waals surface area contributed by atoms with Gasteiger partial charge in [0, 0.05) is 12.1 Å². The molecule has 1 aliphatic heterocycles. The molecule has 0 aromatic carbocycles. The smallest absolute Gasteiger partial charge is 0.0585 e. The third-order valence-corrected chi connectivity index (χ3v) is 3.76. The van der Waals surface area contributed by atoms with Crippen LogP contribution in [-0.4, -0.2) is 48.8 Å². The van der Waals surface area contributed by atoms with Crippen LogP contribution in [0.3, 0.4) is 0 Å². The fraction of sp³-hybridized carbons (Fsp3) is 1.00. The summed E-state index contributed by atoms with van der Waals surface area (Å²) in [5.41, 5.74) is 0. The SMILES string of the molecule is CCCC1CCCCN1CCC(CO)NC. The molecular weight excluding hydrogens is 200 g/mol. The number of likely N-dealkylation sites (N-methyl/N-ethyl adjacent to an activating group) is 1. The molecule has 0 aliphatic carbocycles. The maximum atomic E-state index is 9.14. The first-order valence-corrected chi connectivity index (χ1v) is 6.84. The number of piperidine rings is 1. The fourth-order valence-corrected chi connectivity index (χ4v) is 2.66. The summed E-state index contributed by atoms with van der Waals surface area (Å²) in [5.74, 6) is 0. The van der Waals surface area contributed by atoms with Gasteiger partial charge >= 0.3 is 0 Å². The average molecular weight is 228 g/mol. The van der Waals surface area contributed by atoms with Gasteiger partial charge in [-0.2, -0.15) is 0 Å². The molecule has 1 saturated heterocycles. The zero-order chi connectivity index (χ0) is 11.8. The van der Waals surface area contributed by atoms with Crippen LogP contribution in [0.4, 0.5) is 0 Å². The first-order valence-electron chi connectivity index (χ1n) is 6.84. The Morgan fingerprint density at radius 1 is 1.44 bits per heavy atom. The van der Waals surface area contributed by atoms with Gasteiger partial charge in [0.1, 0.15) is 0 Å². The van der Waals surface area contributed by atoms with E-state index in [0.717, 1.165) is 19.0 Å². The Morgan fingerprint density at radius 2 is 2.25 bits per heavy atom. The van der Waals surface area contributed by atoms with Gasteiger partial charge in [0.25, 0.3) is 0 Å². The van der Waals surface area contributed by atoms with Crippen LogP contribution in [0, 0.1) is 0 Å². The van der Waals surface area contributed by atoms with Gasteiger partial charge in [-0.3, -0.25) is 0 Å². The number of nitrogens with one attached hydrogen (secondary N) is 1. The second-order valence-corrected chi connectivity index (χ2v) is 4.93. The molecule has 3 nitrogen and oxygen atoms in total. The van der Waals surface area contributed by atoms with Gasteiger partial charge in [0.05, 0.1) is 6.61 Å². The summed E-state index contributed by atoms with van der Waals surface area (Å²) in [6.07, 6.45) is 7.81. The van der Waals surface area contributed by atoms with Crippen LogP contribution in [-0.2, 0) is 0 Å². The van der Waals surface area contributed by atoms with Crippen molar-refractivity contribution in [1.29, 1.82) is 0 Å². The third kappa shape index (κ3) is 4.40. The summed E-state index contributed by atoms with van der Waals surface area (Å²) in [6, 6.07) is 1.07. The molecule has 0 aromatic heterocycles. The van der Waals surface area contributed by atoms with E-state index in [1.54, 1.807) is 0 Å². The van der Waals surface area contributed by atoms with E-state index < -0.39 is 0 Å². The lowest BCUT2D eigenvalue weighted by atomic mass is 9.97. The molecule has 3 heteroatoms. The molecule has 16 heavy (non-hydrogen) atoms. The molecule has 2 atom stereocenters. The molecule has 1 aliphatic rings. The maximum absolute atomic E-state index is 9.14. The molecule has 0 bridgehead atoms. The standard InChI is InChI=1S/C13H28N2O/c1-3-6-13-7-4-5-9-15(13)10-8-12(11-16)14-2/h12-14,16H,3-11H2,1-2H3. The largest absolute Gasteiger partial charge is 0.395 e. The Balaban J connectivity index is 2.31. The Morgan fingerprint density at radius 3 is 2.88 bits per heavy atom. The minimum absolute atomic E-state index is 0.253. The van der Waals surface area contributed by atoms with Crippen molar-refractivity contribution < 1.29 is 5.11 Å². The first-order chi connectivity index (χ1) is 7.81. The number of hydrogen-bond acceptors (Lipinski definition) is 3. The highest BCUT2D eigenvalue weighted by Crippen LogP contribution is 2.21. The summed E-state index contributed by atoms with van der Waals surface area (Å²) in [5, 5.41) is 12.3. The second-order valence-electron chi connectivity index (χ2n) is 4.93. The Kier molecular flexibility index (Phi) is 7.01. The normalized spacial score (nSPS) is 24.6. The zero-order valence-electron chi connectivity index (χ0n) is 10.9. The quantitative estimate of drug-likeness (QED) is 0.695. The van der Waals surface area contributed by atoms with Crippen LogP contribution in [0.5, 0.6) is 0 Å². The molecule has 0 radical (unpaired) electrons. The lowest BCUT2D eigenvalue weighted by molar-refractivity contribution is 0.126. The molecule has 96 valence electrons. The van der Waals surface area contributed by atoms with Crippen molar-refractivity contribution in [3.63, 3.8) is 0 Å². The van der Waals surface area contributed by atoms with E-state index >= 15 is 0 Å². The monoisotopic (exact) mass is 228 g/mol. The molecule has 0 amide bonds. The van der Waals surface area contributed by atoms with Crippen molar-refractivity contribution >= 4 is 0 Å². The molecule has 1 heterocycles. The minimum Gasteiger partial charge on any atom is -0.395 e. The number of rotatable bonds is 7. The summed E-state index contributed by atoms with van der Waals surface area (Å²) >= 11 is 0. The predicted molar refractivity (Wildman–Crippen MR) is 68.7 cm³/mol. The van der Waals surface area contributed by atoms with Gasteiger partial charge in [0.15, 0.2) is 0 Å². The van der Waals surface area contributed by atoms with Crippen LogP contribution < -0.4 is 5.32 Å². The predicted octanol–water partition coefficient (Wildman–Crippen LogP) is 1.61. The van der Waals surface area contributed by atoms with Gasteiger partial charge in [-0.25, -0.2) is 0 Å². The highest BCUT2D eigenvalue weighted by atomic mass is 16.3. The van der Waals surface area contributed by atoms with Crippen molar-refractivity contribution in [2.45, 2.75) is 57.5 Å². The number of hydrogen-bond donors (Lipinski definition) is 2. The van der Waals surface area contributed by atoms with E-state index in [0.29, 0.717) is 0 Å². The maximum Gasteiger partial charge on any atom is 0.0585 e. The number of aliphatic hydroxyl groups excluding tert-OH is 1. The highest BCUT2D eigenvalue weighted by molar-refractivity contribution is 4.78. The van der Waals surface area contributed by atoms with E-state index in [1.165, 1.54) is 38.6 Å². The van der Waals surface area contributed by atoms with Crippen molar-refractivity contribution in [2.24, 2.45) is 0 Å². The molecule has 0 saturated carbocycles. The molecule has 1 fully saturated rings. The van der Waals surface area contributed by atoms with Crippen molar-refractivity contribution in [2.75, 3.05) is 26.7 Å². The summed E-state index contributed by atoms with van der Waals surface area (Å²) in [4.78, 5) is 2.63. The van der Waals surface area contributed by atoms with Crippen molar-refractivity contribution in [3.05, 3.63) is 0 Å². The lowest BCUT2D eigenvalue weighted by Crippen LogP contribution is -2.42. The summed E-state index contributed by atoms with van der Waals surface area (Å²) < 4.78 is 0. The summed E-state index contributed by atoms with van der Waals surface area (Å²) in [6.45, 7) is 4.92. The van der Waals surface area contributed by atoms with Crippen LogP contribution in [0.25, 0.3) is 0 Å². The van der Waals surface area contributed by atoms with E-state index in [9.17, 15) is 0 Å². The average Bonchev–Trinajstić information content (AvgIpc) is 2.33. The topological polar surface area (TPSA) is 35.5 Å². The van der Waals surface area contributed by atoms with E-state index in [2.05, 4.69) is 17.1 Å². The van der Waals surface area contributed by atoms with Crippen LogP contribution >= 0.6 is 0 Å². The van der Waals surface area contributed by atoms with Gasteiger partial charge in [-0.15, -0.1) is 0 Å².